The van der Waals surface area contributed by atoms with Crippen LogP contribution in [0.25, 0.3) is 0 Å². The van der Waals surface area contributed by atoms with E-state index >= 15 is 0 Å². The van der Waals surface area contributed by atoms with Crippen LogP contribution in [-0.2, 0) is 4.79 Å². The molecule has 2 aliphatic carbocycles. The first kappa shape index (κ1) is 10.6. The van der Waals surface area contributed by atoms with Gasteiger partial charge in [0, 0.05) is 19.0 Å². The molecule has 3 nitrogen and oxygen atoms in total. The fourth-order valence-corrected chi connectivity index (χ4v) is 3.93. The first-order chi connectivity index (χ1) is 7.81. The van der Waals surface area contributed by atoms with Gasteiger partial charge in [0.1, 0.15) is 0 Å². The Morgan fingerprint density at radius 1 is 1.25 bits per heavy atom. The average Bonchev–Trinajstić information content (AvgIpc) is 2.92. The fraction of sp³-hybridized carbons (Fsp3) is 0.923. The number of nitrogens with one attached hydrogen (secondary N) is 2. The van der Waals surface area contributed by atoms with Gasteiger partial charge in [-0.1, -0.05) is 6.42 Å². The molecule has 0 radical (unpaired) electrons. The van der Waals surface area contributed by atoms with Crippen molar-refractivity contribution >= 4 is 5.91 Å². The van der Waals surface area contributed by atoms with Crippen molar-refractivity contribution < 1.29 is 4.79 Å². The van der Waals surface area contributed by atoms with E-state index in [1.807, 2.05) is 0 Å². The van der Waals surface area contributed by atoms with Gasteiger partial charge in [-0.3, -0.25) is 4.79 Å². The number of carbonyl (C=O) groups excluding carboxylic acids is 1. The summed E-state index contributed by atoms with van der Waals surface area (Å²) in [6.45, 7) is 2.02. The third-order valence-electron chi connectivity index (χ3n) is 4.76. The maximum Gasteiger partial charge on any atom is 0.220 e. The zero-order valence-corrected chi connectivity index (χ0v) is 9.87. The minimum atomic E-state index is 0.297. The van der Waals surface area contributed by atoms with Crippen LogP contribution in [0.5, 0.6) is 0 Å². The second kappa shape index (κ2) is 4.36. The number of hydrogen-bond acceptors (Lipinski definition) is 2. The molecule has 3 aliphatic rings. The average molecular weight is 222 g/mol. The summed E-state index contributed by atoms with van der Waals surface area (Å²) in [5, 5.41) is 6.45. The Morgan fingerprint density at radius 3 is 2.81 bits per heavy atom. The van der Waals surface area contributed by atoms with Gasteiger partial charge in [0.05, 0.1) is 0 Å². The predicted molar refractivity (Wildman–Crippen MR) is 63.0 cm³/mol. The molecule has 3 fully saturated rings. The molecule has 2 saturated carbocycles. The van der Waals surface area contributed by atoms with Gasteiger partial charge < -0.3 is 10.6 Å². The number of rotatable bonds is 3. The molecule has 1 heterocycles. The highest BCUT2D eigenvalue weighted by atomic mass is 16.1. The van der Waals surface area contributed by atoms with Crippen LogP contribution in [0.4, 0.5) is 0 Å². The molecule has 1 saturated heterocycles. The van der Waals surface area contributed by atoms with Gasteiger partial charge in [-0.15, -0.1) is 0 Å². The summed E-state index contributed by atoms with van der Waals surface area (Å²) in [7, 11) is 0. The summed E-state index contributed by atoms with van der Waals surface area (Å²) in [4.78, 5) is 11.9. The Kier molecular flexibility index (Phi) is 2.88. The molecular weight excluding hydrogens is 200 g/mol. The predicted octanol–water partition coefficient (Wildman–Crippen LogP) is 1.29. The molecule has 2 bridgehead atoms. The minimum absolute atomic E-state index is 0.297. The Hall–Kier alpha value is -0.570. The van der Waals surface area contributed by atoms with Gasteiger partial charge in [-0.2, -0.15) is 0 Å². The molecule has 4 atom stereocenters. The SMILES string of the molecule is O=C(CC1CC2CCC1C2)N[C@H]1CCNC1. The van der Waals surface area contributed by atoms with E-state index in [4.69, 9.17) is 0 Å². The molecule has 1 amide bonds. The second-order valence-corrected chi connectivity index (χ2v) is 5.90. The highest BCUT2D eigenvalue weighted by Gasteiger charge is 2.40. The third kappa shape index (κ3) is 2.10. The molecule has 16 heavy (non-hydrogen) atoms. The molecule has 2 N–H and O–H groups in total. The van der Waals surface area contributed by atoms with Crippen LogP contribution in [0.15, 0.2) is 0 Å². The van der Waals surface area contributed by atoms with E-state index in [9.17, 15) is 4.79 Å². The number of hydrogen-bond donors (Lipinski definition) is 2. The lowest BCUT2D eigenvalue weighted by Gasteiger charge is -2.21. The van der Waals surface area contributed by atoms with E-state index in [1.54, 1.807) is 0 Å². The quantitative estimate of drug-likeness (QED) is 0.755. The molecule has 0 aromatic rings. The fourth-order valence-electron chi connectivity index (χ4n) is 3.93. The number of carbonyl (C=O) groups is 1. The Balaban J connectivity index is 1.45. The van der Waals surface area contributed by atoms with E-state index in [-0.39, 0.29) is 0 Å². The molecule has 3 heteroatoms. The molecular formula is C13H22N2O. The number of fused-ring (bicyclic) bond motifs is 2. The van der Waals surface area contributed by atoms with Gasteiger partial charge in [0.15, 0.2) is 0 Å². The molecule has 3 unspecified atom stereocenters. The maximum absolute atomic E-state index is 11.9. The van der Waals surface area contributed by atoms with Crippen molar-refractivity contribution in [2.24, 2.45) is 17.8 Å². The number of amides is 1. The van der Waals surface area contributed by atoms with E-state index in [0.717, 1.165) is 37.8 Å². The van der Waals surface area contributed by atoms with Crippen molar-refractivity contribution in [1.82, 2.24) is 10.6 Å². The Bertz CT molecular complexity index is 273. The van der Waals surface area contributed by atoms with Gasteiger partial charge in [-0.05, 0) is 50.0 Å². The van der Waals surface area contributed by atoms with Crippen molar-refractivity contribution in [1.29, 1.82) is 0 Å². The van der Waals surface area contributed by atoms with E-state index in [1.165, 1.54) is 25.7 Å². The lowest BCUT2D eigenvalue weighted by molar-refractivity contribution is -0.123. The summed E-state index contributed by atoms with van der Waals surface area (Å²) in [6.07, 6.45) is 7.42. The summed E-state index contributed by atoms with van der Waals surface area (Å²) in [6, 6.07) is 0.395. The summed E-state index contributed by atoms with van der Waals surface area (Å²) in [5.41, 5.74) is 0. The molecule has 0 spiro atoms. The van der Waals surface area contributed by atoms with Crippen molar-refractivity contribution in [2.45, 2.75) is 44.6 Å². The standard InChI is InChI=1S/C13H22N2O/c16-13(15-12-3-4-14-8-12)7-11-6-9-1-2-10(11)5-9/h9-12,14H,1-8H2,(H,15,16)/t9?,10?,11?,12-/m0/s1. The molecule has 3 rings (SSSR count). The smallest absolute Gasteiger partial charge is 0.220 e. The highest BCUT2D eigenvalue weighted by molar-refractivity contribution is 5.76. The summed E-state index contributed by atoms with van der Waals surface area (Å²) >= 11 is 0. The molecule has 1 aliphatic heterocycles. The molecule has 90 valence electrons. The van der Waals surface area contributed by atoms with Crippen LogP contribution in [0.2, 0.25) is 0 Å². The van der Waals surface area contributed by atoms with Gasteiger partial charge in [-0.25, -0.2) is 0 Å². The van der Waals surface area contributed by atoms with Crippen molar-refractivity contribution in [3.05, 3.63) is 0 Å². The summed E-state index contributed by atoms with van der Waals surface area (Å²) in [5.74, 6) is 2.83. The highest BCUT2D eigenvalue weighted by Crippen LogP contribution is 2.49. The van der Waals surface area contributed by atoms with Crippen LogP contribution >= 0.6 is 0 Å². The van der Waals surface area contributed by atoms with E-state index in [2.05, 4.69) is 10.6 Å². The van der Waals surface area contributed by atoms with Crippen molar-refractivity contribution in [3.8, 4) is 0 Å². The monoisotopic (exact) mass is 222 g/mol. The van der Waals surface area contributed by atoms with E-state index < -0.39 is 0 Å². The lowest BCUT2D eigenvalue weighted by Crippen LogP contribution is -2.37. The first-order valence-electron chi connectivity index (χ1n) is 6.81. The van der Waals surface area contributed by atoms with Gasteiger partial charge in [0.2, 0.25) is 5.91 Å². The zero-order chi connectivity index (χ0) is 11.0. The van der Waals surface area contributed by atoms with Gasteiger partial charge >= 0.3 is 0 Å². The molecule has 0 aromatic heterocycles. The van der Waals surface area contributed by atoms with Crippen molar-refractivity contribution in [3.63, 3.8) is 0 Å². The largest absolute Gasteiger partial charge is 0.352 e. The normalized spacial score (nSPS) is 41.5. The maximum atomic E-state index is 11.9. The zero-order valence-electron chi connectivity index (χ0n) is 9.87. The Labute approximate surface area is 97.4 Å². The van der Waals surface area contributed by atoms with Crippen LogP contribution in [-0.4, -0.2) is 25.0 Å². The van der Waals surface area contributed by atoms with Crippen molar-refractivity contribution in [2.75, 3.05) is 13.1 Å². The van der Waals surface area contributed by atoms with E-state index in [0.29, 0.717) is 17.9 Å². The van der Waals surface area contributed by atoms with Crippen LogP contribution < -0.4 is 10.6 Å². The minimum Gasteiger partial charge on any atom is -0.352 e. The lowest BCUT2D eigenvalue weighted by atomic mass is 9.86. The summed E-state index contributed by atoms with van der Waals surface area (Å²) < 4.78 is 0. The topological polar surface area (TPSA) is 41.1 Å². The molecule has 0 aromatic carbocycles. The van der Waals surface area contributed by atoms with Crippen LogP contribution in [0, 0.1) is 17.8 Å². The first-order valence-corrected chi connectivity index (χ1v) is 6.81. The van der Waals surface area contributed by atoms with Crippen LogP contribution in [0.1, 0.15) is 38.5 Å². The van der Waals surface area contributed by atoms with Crippen LogP contribution in [0.3, 0.4) is 0 Å². The Morgan fingerprint density at radius 2 is 2.19 bits per heavy atom. The third-order valence-corrected chi connectivity index (χ3v) is 4.76. The second-order valence-electron chi connectivity index (χ2n) is 5.90. The van der Waals surface area contributed by atoms with Gasteiger partial charge in [0.25, 0.3) is 0 Å².